The van der Waals surface area contributed by atoms with Crippen LogP contribution in [-0.2, 0) is 0 Å². The zero-order valence-electron chi connectivity index (χ0n) is 20.1. The average molecular weight is 488 g/mol. The molecule has 0 unspecified atom stereocenters. The van der Waals surface area contributed by atoms with E-state index < -0.39 is 0 Å². The van der Waals surface area contributed by atoms with E-state index in [-0.39, 0.29) is 5.78 Å². The number of carbonyl (C=O) groups is 1. The number of aromatic nitrogens is 3. The number of allylic oxidation sites excluding steroid dienone is 3. The largest absolute Gasteiger partial charge is 0.288 e. The molecule has 3 aromatic carbocycles. The second-order valence-electron chi connectivity index (χ2n) is 8.47. The molecule has 0 radical (unpaired) electrons. The van der Waals surface area contributed by atoms with Crippen molar-refractivity contribution >= 4 is 23.2 Å². The predicted octanol–water partition coefficient (Wildman–Crippen LogP) is 7.81. The maximum Gasteiger partial charge on any atom is 0.211 e. The number of nitrogens with zero attached hydrogens (tertiary/aromatic N) is 3. The van der Waals surface area contributed by atoms with Crippen molar-refractivity contribution in [2.24, 2.45) is 0 Å². The molecule has 2 heterocycles. The Labute approximate surface area is 214 Å². The normalized spacial score (nSPS) is 11.8. The molecule has 176 valence electrons. The van der Waals surface area contributed by atoms with Gasteiger partial charge in [0.25, 0.3) is 0 Å². The molecule has 0 spiro atoms. The Balaban J connectivity index is 1.48. The maximum atomic E-state index is 13.1. The smallest absolute Gasteiger partial charge is 0.211 e. The number of hydrogen-bond donors (Lipinski definition) is 0. The van der Waals surface area contributed by atoms with Crippen LogP contribution in [0.5, 0.6) is 0 Å². The number of rotatable bonds is 7. The van der Waals surface area contributed by atoms with E-state index in [0.29, 0.717) is 15.7 Å². The molecule has 36 heavy (non-hydrogen) atoms. The lowest BCUT2D eigenvalue weighted by molar-refractivity contribution is 0.104. The first-order valence-corrected chi connectivity index (χ1v) is 12.5. The van der Waals surface area contributed by atoms with Crippen LogP contribution in [0.15, 0.2) is 115 Å². The zero-order chi connectivity index (χ0) is 24.9. The second-order valence-corrected chi connectivity index (χ2v) is 9.44. The molecule has 2 aromatic heterocycles. The summed E-state index contributed by atoms with van der Waals surface area (Å²) < 4.78 is 1.84. The van der Waals surface area contributed by atoms with Crippen LogP contribution in [0.4, 0.5) is 0 Å². The molecule has 0 atom stereocenters. The Morgan fingerprint density at radius 2 is 1.44 bits per heavy atom. The van der Waals surface area contributed by atoms with Crippen LogP contribution in [0.25, 0.3) is 33.7 Å². The Hall–Kier alpha value is -4.35. The standard InChI is InChI=1S/C31H25N3OS/c1-22(20-24-12-6-3-7-13-24)18-19-29(35)30-23(2)32-31(36-30)34-28(26-16-10-5-11-17-26)21-27(33-34)25-14-8-4-9-15-25/h3-21H,1-2H3/b19-18+,22-20-. The van der Waals surface area contributed by atoms with Crippen molar-refractivity contribution in [1.29, 1.82) is 0 Å². The van der Waals surface area contributed by atoms with Crippen LogP contribution in [0.3, 0.4) is 0 Å². The summed E-state index contributed by atoms with van der Waals surface area (Å²) >= 11 is 1.36. The molecule has 5 heteroatoms. The van der Waals surface area contributed by atoms with Crippen LogP contribution in [0.1, 0.15) is 27.9 Å². The van der Waals surface area contributed by atoms with Crippen LogP contribution < -0.4 is 0 Å². The number of benzene rings is 3. The Morgan fingerprint density at radius 1 is 0.833 bits per heavy atom. The van der Waals surface area contributed by atoms with Gasteiger partial charge in [0.05, 0.1) is 22.0 Å². The van der Waals surface area contributed by atoms with Gasteiger partial charge in [-0.1, -0.05) is 120 Å². The number of ketones is 1. The van der Waals surface area contributed by atoms with E-state index in [2.05, 4.69) is 24.3 Å². The molecule has 5 aromatic rings. The number of thiazole rings is 1. The van der Waals surface area contributed by atoms with Crippen LogP contribution in [0, 0.1) is 6.92 Å². The molecule has 0 aliphatic carbocycles. The molecule has 0 bridgehead atoms. The fourth-order valence-electron chi connectivity index (χ4n) is 3.94. The quantitative estimate of drug-likeness (QED) is 0.134. The van der Waals surface area contributed by atoms with Crippen LogP contribution >= 0.6 is 11.3 Å². The molecule has 0 N–H and O–H groups in total. The van der Waals surface area contributed by atoms with E-state index in [9.17, 15) is 4.79 Å². The van der Waals surface area contributed by atoms with Gasteiger partial charge in [-0.05, 0) is 31.6 Å². The van der Waals surface area contributed by atoms with Gasteiger partial charge in [0.15, 0.2) is 5.78 Å². The van der Waals surface area contributed by atoms with E-state index in [4.69, 9.17) is 10.1 Å². The molecule has 0 saturated heterocycles. The van der Waals surface area contributed by atoms with Gasteiger partial charge in [0.1, 0.15) is 0 Å². The van der Waals surface area contributed by atoms with Gasteiger partial charge in [0.2, 0.25) is 5.13 Å². The molecule has 0 aliphatic heterocycles. The fraction of sp³-hybridized carbons (Fsp3) is 0.0645. The van der Waals surface area contributed by atoms with Crippen molar-refractivity contribution in [3.05, 3.63) is 131 Å². The molecule has 0 amide bonds. The molecule has 4 nitrogen and oxygen atoms in total. The fourth-order valence-corrected chi connectivity index (χ4v) is 4.89. The van der Waals surface area contributed by atoms with Crippen molar-refractivity contribution in [3.63, 3.8) is 0 Å². The number of hydrogen-bond acceptors (Lipinski definition) is 4. The number of aryl methyl sites for hydroxylation is 1. The number of carbonyl (C=O) groups excluding carboxylic acids is 1. The minimum absolute atomic E-state index is 0.0613. The molecular weight excluding hydrogens is 462 g/mol. The molecule has 0 fully saturated rings. The van der Waals surface area contributed by atoms with Crippen molar-refractivity contribution in [2.45, 2.75) is 13.8 Å². The van der Waals surface area contributed by atoms with E-state index in [1.54, 1.807) is 6.08 Å². The van der Waals surface area contributed by atoms with Crippen molar-refractivity contribution in [3.8, 4) is 27.6 Å². The highest BCUT2D eigenvalue weighted by atomic mass is 32.1. The summed E-state index contributed by atoms with van der Waals surface area (Å²) in [6, 6.07) is 32.3. The van der Waals surface area contributed by atoms with Crippen molar-refractivity contribution < 1.29 is 4.79 Å². The van der Waals surface area contributed by atoms with Crippen molar-refractivity contribution in [1.82, 2.24) is 14.8 Å². The average Bonchev–Trinajstić information content (AvgIpc) is 3.53. The van der Waals surface area contributed by atoms with Gasteiger partial charge in [-0.2, -0.15) is 5.10 Å². The summed E-state index contributed by atoms with van der Waals surface area (Å²) in [5.74, 6) is -0.0613. The van der Waals surface area contributed by atoms with Gasteiger partial charge >= 0.3 is 0 Å². The molecule has 0 saturated carbocycles. The van der Waals surface area contributed by atoms with E-state index in [0.717, 1.165) is 33.7 Å². The summed E-state index contributed by atoms with van der Waals surface area (Å²) in [6.07, 6.45) is 5.52. The lowest BCUT2D eigenvalue weighted by Gasteiger charge is -2.03. The monoisotopic (exact) mass is 487 g/mol. The predicted molar refractivity (Wildman–Crippen MR) is 148 cm³/mol. The Morgan fingerprint density at radius 3 is 2.11 bits per heavy atom. The van der Waals surface area contributed by atoms with E-state index in [1.165, 1.54) is 11.3 Å². The second kappa shape index (κ2) is 10.5. The summed E-state index contributed by atoms with van der Waals surface area (Å²) in [5, 5.41) is 5.56. The third-order valence-corrected chi connectivity index (χ3v) is 6.88. The highest BCUT2D eigenvalue weighted by Gasteiger charge is 2.19. The minimum atomic E-state index is -0.0613. The third kappa shape index (κ3) is 5.16. The Kier molecular flexibility index (Phi) is 6.83. The lowest BCUT2D eigenvalue weighted by atomic mass is 10.1. The van der Waals surface area contributed by atoms with E-state index >= 15 is 0 Å². The highest BCUT2D eigenvalue weighted by molar-refractivity contribution is 7.16. The first-order valence-electron chi connectivity index (χ1n) is 11.7. The van der Waals surface area contributed by atoms with Gasteiger partial charge in [0, 0.05) is 11.1 Å². The van der Waals surface area contributed by atoms with Gasteiger partial charge in [-0.15, -0.1) is 0 Å². The maximum absolute atomic E-state index is 13.1. The molecular formula is C31H25N3OS. The highest BCUT2D eigenvalue weighted by Crippen LogP contribution is 2.31. The van der Waals surface area contributed by atoms with Gasteiger partial charge < -0.3 is 0 Å². The van der Waals surface area contributed by atoms with Gasteiger partial charge in [-0.3, -0.25) is 4.79 Å². The summed E-state index contributed by atoms with van der Waals surface area (Å²) in [6.45, 7) is 3.86. The van der Waals surface area contributed by atoms with Gasteiger partial charge in [-0.25, -0.2) is 9.67 Å². The molecule has 0 aliphatic rings. The third-order valence-electron chi connectivity index (χ3n) is 5.73. The first kappa shape index (κ1) is 23.4. The topological polar surface area (TPSA) is 47.8 Å². The van der Waals surface area contributed by atoms with E-state index in [1.807, 2.05) is 103 Å². The summed E-state index contributed by atoms with van der Waals surface area (Å²) in [7, 11) is 0. The first-order chi connectivity index (χ1) is 17.6. The summed E-state index contributed by atoms with van der Waals surface area (Å²) in [4.78, 5) is 18.4. The SMILES string of the molecule is CC(=C/c1ccccc1)/C=C/C(=O)c1sc(-n2nc(-c3ccccc3)cc2-c2ccccc2)nc1C. The minimum Gasteiger partial charge on any atom is -0.288 e. The summed E-state index contributed by atoms with van der Waals surface area (Å²) in [5.41, 5.74) is 6.66. The zero-order valence-corrected chi connectivity index (χ0v) is 20.9. The van der Waals surface area contributed by atoms with Crippen molar-refractivity contribution in [2.75, 3.05) is 0 Å². The lowest BCUT2D eigenvalue weighted by Crippen LogP contribution is -1.98. The van der Waals surface area contributed by atoms with Crippen LogP contribution in [0.2, 0.25) is 0 Å². The Bertz CT molecular complexity index is 1550. The molecule has 5 rings (SSSR count). The van der Waals surface area contributed by atoms with Crippen LogP contribution in [-0.4, -0.2) is 20.5 Å².